The normalized spacial score (nSPS) is 28.2. The van der Waals surface area contributed by atoms with E-state index in [-0.39, 0.29) is 18.3 Å². The number of hydrogen-bond acceptors (Lipinski definition) is 4. The fourth-order valence-electron chi connectivity index (χ4n) is 3.20. The molecule has 0 bridgehead atoms. The number of rotatable bonds is 3. The molecule has 22 heavy (non-hydrogen) atoms. The quantitative estimate of drug-likeness (QED) is 0.901. The van der Waals surface area contributed by atoms with Crippen molar-refractivity contribution in [3.8, 4) is 0 Å². The van der Waals surface area contributed by atoms with Gasteiger partial charge in [-0.2, -0.15) is 0 Å². The summed E-state index contributed by atoms with van der Waals surface area (Å²) in [7, 11) is 0. The fourth-order valence-corrected chi connectivity index (χ4v) is 3.20. The molecule has 3 atom stereocenters. The fraction of sp³-hybridized carbons (Fsp3) is 0.562. The third kappa shape index (κ3) is 3.60. The van der Waals surface area contributed by atoms with E-state index in [9.17, 15) is 4.79 Å². The minimum absolute atomic E-state index is 0. The molecule has 0 radical (unpaired) electrons. The maximum Gasteiger partial charge on any atom is 0.254 e. The molecule has 122 valence electrons. The highest BCUT2D eigenvalue weighted by Crippen LogP contribution is 2.32. The Kier molecular flexibility index (Phi) is 6.20. The molecule has 0 aromatic heterocycles. The summed E-state index contributed by atoms with van der Waals surface area (Å²) in [5.74, 6) is 0.650. The smallest absolute Gasteiger partial charge is 0.254 e. The van der Waals surface area contributed by atoms with Crippen molar-refractivity contribution in [1.82, 2.24) is 4.90 Å². The lowest BCUT2D eigenvalue weighted by Gasteiger charge is -2.26. The molecule has 2 saturated heterocycles. The third-order valence-electron chi connectivity index (χ3n) is 4.37. The minimum Gasteiger partial charge on any atom is -0.376 e. The highest BCUT2D eigenvalue weighted by atomic mass is 35.5. The Labute approximate surface area is 137 Å². The molecule has 2 N–H and O–H groups in total. The number of amides is 1. The lowest BCUT2D eigenvalue weighted by Crippen LogP contribution is -2.44. The summed E-state index contributed by atoms with van der Waals surface area (Å²) in [5, 5.41) is 0. The van der Waals surface area contributed by atoms with E-state index in [4.69, 9.17) is 15.2 Å². The average Bonchev–Trinajstić information content (AvgIpc) is 3.00. The molecule has 0 aliphatic carbocycles. The van der Waals surface area contributed by atoms with Crippen LogP contribution in [0.15, 0.2) is 30.3 Å². The van der Waals surface area contributed by atoms with Crippen molar-refractivity contribution < 1.29 is 14.3 Å². The van der Waals surface area contributed by atoms with E-state index in [1.807, 2.05) is 23.1 Å². The van der Waals surface area contributed by atoms with Crippen LogP contribution >= 0.6 is 12.4 Å². The number of carbonyl (C=O) groups excluding carboxylic acids is 1. The van der Waals surface area contributed by atoms with Crippen LogP contribution in [0.25, 0.3) is 0 Å². The Balaban J connectivity index is 0.00000176. The zero-order valence-corrected chi connectivity index (χ0v) is 13.3. The Morgan fingerprint density at radius 3 is 2.64 bits per heavy atom. The van der Waals surface area contributed by atoms with E-state index in [1.165, 1.54) is 5.56 Å². The first kappa shape index (κ1) is 17.2. The second-order valence-corrected chi connectivity index (χ2v) is 5.69. The maximum atomic E-state index is 12.5. The van der Waals surface area contributed by atoms with Crippen LogP contribution in [0.2, 0.25) is 0 Å². The summed E-state index contributed by atoms with van der Waals surface area (Å²) < 4.78 is 10.8. The zero-order chi connectivity index (χ0) is 14.7. The molecule has 2 aliphatic heterocycles. The largest absolute Gasteiger partial charge is 0.376 e. The van der Waals surface area contributed by atoms with Gasteiger partial charge in [0.05, 0.1) is 19.8 Å². The van der Waals surface area contributed by atoms with Gasteiger partial charge >= 0.3 is 0 Å². The summed E-state index contributed by atoms with van der Waals surface area (Å²) in [6.45, 7) is 3.43. The zero-order valence-electron chi connectivity index (χ0n) is 12.5. The van der Waals surface area contributed by atoms with Gasteiger partial charge in [-0.05, 0) is 18.0 Å². The average molecular weight is 327 g/mol. The van der Waals surface area contributed by atoms with Gasteiger partial charge in [0.15, 0.2) is 6.10 Å². The first-order valence-corrected chi connectivity index (χ1v) is 7.52. The number of carbonyl (C=O) groups is 1. The third-order valence-corrected chi connectivity index (χ3v) is 4.37. The first-order chi connectivity index (χ1) is 10.3. The molecule has 1 amide bonds. The number of hydrogen-bond donors (Lipinski definition) is 1. The molecule has 6 heteroatoms. The number of likely N-dealkylation sites (tertiary alicyclic amines) is 1. The number of nitrogens with zero attached hydrogens (tertiary/aromatic N) is 1. The van der Waals surface area contributed by atoms with Gasteiger partial charge in [0.25, 0.3) is 5.91 Å². The number of benzene rings is 1. The SMILES string of the molecule is Cl.NC[C@@H]1CN(C(=O)C2COCCO2)C[C@H]1c1ccccc1. The van der Waals surface area contributed by atoms with E-state index in [0.717, 1.165) is 0 Å². The molecule has 3 rings (SSSR count). The van der Waals surface area contributed by atoms with Gasteiger partial charge in [-0.15, -0.1) is 12.4 Å². The predicted octanol–water partition coefficient (Wildman–Crippen LogP) is 1.02. The van der Waals surface area contributed by atoms with Crippen LogP contribution in [0.4, 0.5) is 0 Å². The van der Waals surface area contributed by atoms with Crippen molar-refractivity contribution in [1.29, 1.82) is 0 Å². The number of ether oxygens (including phenoxy) is 2. The van der Waals surface area contributed by atoms with Crippen LogP contribution in [-0.4, -0.2) is 56.4 Å². The summed E-state index contributed by atoms with van der Waals surface area (Å²) >= 11 is 0. The van der Waals surface area contributed by atoms with Gasteiger partial charge in [-0.3, -0.25) is 4.79 Å². The highest BCUT2D eigenvalue weighted by Gasteiger charge is 2.38. The van der Waals surface area contributed by atoms with Crippen molar-refractivity contribution in [3.05, 3.63) is 35.9 Å². The van der Waals surface area contributed by atoms with Crippen LogP contribution in [0.1, 0.15) is 11.5 Å². The summed E-state index contributed by atoms with van der Waals surface area (Å²) in [4.78, 5) is 14.4. The Morgan fingerprint density at radius 2 is 2.00 bits per heavy atom. The number of halogens is 1. The molecule has 2 aliphatic rings. The van der Waals surface area contributed by atoms with Gasteiger partial charge in [0, 0.05) is 19.0 Å². The van der Waals surface area contributed by atoms with Gasteiger partial charge in [-0.1, -0.05) is 30.3 Å². The Bertz CT molecular complexity index is 480. The standard InChI is InChI=1S/C16H22N2O3.ClH/c17-8-13-9-18(16(19)15-11-20-6-7-21-15)10-14(13)12-4-2-1-3-5-12;/h1-5,13-15H,6-11,17H2;1H/t13-,14+,15?;/m1./s1. The second kappa shape index (κ2) is 7.92. The maximum absolute atomic E-state index is 12.5. The van der Waals surface area contributed by atoms with Crippen LogP contribution in [0, 0.1) is 5.92 Å². The van der Waals surface area contributed by atoms with E-state index in [2.05, 4.69) is 12.1 Å². The first-order valence-electron chi connectivity index (χ1n) is 7.52. The summed E-state index contributed by atoms with van der Waals surface area (Å²) in [6, 6.07) is 10.3. The van der Waals surface area contributed by atoms with Crippen molar-refractivity contribution in [2.45, 2.75) is 12.0 Å². The molecule has 2 fully saturated rings. The van der Waals surface area contributed by atoms with Crippen molar-refractivity contribution in [2.75, 3.05) is 39.5 Å². The molecule has 2 heterocycles. The minimum atomic E-state index is -0.452. The van der Waals surface area contributed by atoms with Gasteiger partial charge in [0.2, 0.25) is 0 Å². The Morgan fingerprint density at radius 1 is 1.23 bits per heavy atom. The van der Waals surface area contributed by atoms with E-state index < -0.39 is 6.10 Å². The second-order valence-electron chi connectivity index (χ2n) is 5.69. The van der Waals surface area contributed by atoms with E-state index in [1.54, 1.807) is 0 Å². The summed E-state index contributed by atoms with van der Waals surface area (Å²) in [5.41, 5.74) is 7.16. The molecular formula is C16H23ClN2O3. The van der Waals surface area contributed by atoms with Gasteiger partial charge in [-0.25, -0.2) is 0 Å². The van der Waals surface area contributed by atoms with E-state index >= 15 is 0 Å². The van der Waals surface area contributed by atoms with Crippen LogP contribution in [0.3, 0.4) is 0 Å². The molecule has 5 nitrogen and oxygen atoms in total. The van der Waals surface area contributed by atoms with Crippen molar-refractivity contribution in [3.63, 3.8) is 0 Å². The molecular weight excluding hydrogens is 304 g/mol. The van der Waals surface area contributed by atoms with Gasteiger partial charge < -0.3 is 20.1 Å². The van der Waals surface area contributed by atoms with Gasteiger partial charge in [0.1, 0.15) is 0 Å². The monoisotopic (exact) mass is 326 g/mol. The van der Waals surface area contributed by atoms with Crippen LogP contribution in [0.5, 0.6) is 0 Å². The predicted molar refractivity (Wildman–Crippen MR) is 86.1 cm³/mol. The molecule has 1 aromatic carbocycles. The molecule has 1 aromatic rings. The topological polar surface area (TPSA) is 64.8 Å². The molecule has 1 unspecified atom stereocenters. The molecule has 0 spiro atoms. The molecule has 0 saturated carbocycles. The summed E-state index contributed by atoms with van der Waals surface area (Å²) in [6.07, 6.45) is -0.452. The Hall–Kier alpha value is -1.14. The van der Waals surface area contributed by atoms with Crippen LogP contribution < -0.4 is 5.73 Å². The van der Waals surface area contributed by atoms with Crippen molar-refractivity contribution >= 4 is 18.3 Å². The van der Waals surface area contributed by atoms with Crippen LogP contribution in [-0.2, 0) is 14.3 Å². The number of nitrogens with two attached hydrogens (primary N) is 1. The highest BCUT2D eigenvalue weighted by molar-refractivity contribution is 5.85. The lowest BCUT2D eigenvalue weighted by atomic mass is 9.89. The lowest BCUT2D eigenvalue weighted by molar-refractivity contribution is -0.157. The van der Waals surface area contributed by atoms with Crippen molar-refractivity contribution in [2.24, 2.45) is 11.7 Å². The van der Waals surface area contributed by atoms with E-state index in [0.29, 0.717) is 51.3 Å².